The molecule has 1 amide bonds. The van der Waals surface area contributed by atoms with Gasteiger partial charge in [-0.15, -0.1) is 0 Å². The average Bonchev–Trinajstić information content (AvgIpc) is 3.52. The van der Waals surface area contributed by atoms with Crippen molar-refractivity contribution in [3.05, 3.63) is 106 Å². The van der Waals surface area contributed by atoms with Gasteiger partial charge in [0.05, 0.1) is 12.2 Å². The Labute approximate surface area is 254 Å². The number of aromatic amines is 1. The van der Waals surface area contributed by atoms with Gasteiger partial charge in [0.15, 0.2) is 28.8 Å². The first-order valence-corrected chi connectivity index (χ1v) is 14.2. The molecule has 12 heteroatoms. The minimum Gasteiger partial charge on any atom is -0.364 e. The van der Waals surface area contributed by atoms with Crippen molar-refractivity contribution < 1.29 is 13.6 Å². The summed E-state index contributed by atoms with van der Waals surface area (Å²) >= 11 is 0. The van der Waals surface area contributed by atoms with Crippen molar-refractivity contribution in [2.75, 3.05) is 37.4 Å². The molecule has 0 aliphatic carbocycles. The number of rotatable bonds is 10. The lowest BCUT2D eigenvalue weighted by molar-refractivity contribution is 0.0935. The number of aromatic nitrogens is 3. The van der Waals surface area contributed by atoms with Crippen LogP contribution in [0.4, 0.5) is 20.3 Å². The van der Waals surface area contributed by atoms with Gasteiger partial charge in [0.25, 0.3) is 5.91 Å². The fourth-order valence-electron chi connectivity index (χ4n) is 5.20. The minimum atomic E-state index is -1.02. The summed E-state index contributed by atoms with van der Waals surface area (Å²) in [5, 5.41) is 24.0. The third-order valence-electron chi connectivity index (χ3n) is 7.64. The molecule has 0 saturated heterocycles. The molecule has 0 bridgehead atoms. The zero-order chi connectivity index (χ0) is 31.4. The first-order chi connectivity index (χ1) is 21.1. The van der Waals surface area contributed by atoms with Crippen LogP contribution in [0.2, 0.25) is 0 Å². The second-order valence-electron chi connectivity index (χ2n) is 11.0. The number of hydrogen-bond acceptors (Lipinski definition) is 7. The van der Waals surface area contributed by atoms with Gasteiger partial charge in [-0.05, 0) is 75.4 Å². The van der Waals surface area contributed by atoms with Crippen molar-refractivity contribution in [3.8, 4) is 6.07 Å². The SMILES string of the molecule is CC(NC(=O)c1nc(C#N)cnc1NCc1ccc(N2CC(CCN(C)C)c3[nH]ccc3C2=N)cc1)c1ccc(F)c(F)c1. The average molecular weight is 598 g/mol. The van der Waals surface area contributed by atoms with Crippen molar-refractivity contribution in [1.29, 1.82) is 10.7 Å². The number of fused-ring (bicyclic) bond motifs is 1. The van der Waals surface area contributed by atoms with Crippen LogP contribution in [-0.2, 0) is 6.54 Å². The fraction of sp³-hybridized carbons (Fsp3) is 0.281. The van der Waals surface area contributed by atoms with Gasteiger partial charge >= 0.3 is 0 Å². The van der Waals surface area contributed by atoms with E-state index in [1.165, 1.54) is 12.3 Å². The van der Waals surface area contributed by atoms with Crippen LogP contribution in [0.1, 0.15) is 63.9 Å². The Hall–Kier alpha value is -5.15. The molecule has 4 aromatic rings. The zero-order valence-corrected chi connectivity index (χ0v) is 24.7. The van der Waals surface area contributed by atoms with Gasteiger partial charge in [0, 0.05) is 42.1 Å². The number of anilines is 2. The van der Waals surface area contributed by atoms with Gasteiger partial charge in [-0.3, -0.25) is 10.2 Å². The molecular formula is C32H33F2N9O. The Kier molecular flexibility index (Phi) is 8.96. The molecule has 0 saturated carbocycles. The number of H-pyrrole nitrogens is 1. The number of carbonyl (C=O) groups excluding carboxylic acids is 1. The van der Waals surface area contributed by atoms with Crippen LogP contribution in [0.15, 0.2) is 60.9 Å². The van der Waals surface area contributed by atoms with E-state index in [-0.39, 0.29) is 23.1 Å². The van der Waals surface area contributed by atoms with Crippen molar-refractivity contribution in [2.45, 2.75) is 31.8 Å². The van der Waals surface area contributed by atoms with E-state index in [0.717, 1.165) is 47.6 Å². The number of hydrogen-bond donors (Lipinski definition) is 4. The van der Waals surface area contributed by atoms with E-state index in [9.17, 15) is 18.8 Å². The fourth-order valence-corrected chi connectivity index (χ4v) is 5.20. The van der Waals surface area contributed by atoms with Crippen LogP contribution in [0, 0.1) is 28.4 Å². The van der Waals surface area contributed by atoms with Crippen molar-refractivity contribution in [1.82, 2.24) is 25.2 Å². The standard InChI is InChI=1S/C32H33F2N9O/c1-19(21-6-9-26(33)27(34)14-21)40-32(44)29-31(39-17-23(15-35)41-29)38-16-20-4-7-24(8-5-20)43-18-22(11-13-42(2)3)28-25(30(43)36)10-12-37-28/h4-10,12,14,17,19,22,36-37H,11,13,16,18H2,1-3H3,(H,38,39)(H,40,44). The molecule has 1 aliphatic rings. The molecule has 4 N–H and O–H groups in total. The first-order valence-electron chi connectivity index (χ1n) is 14.2. The summed E-state index contributed by atoms with van der Waals surface area (Å²) in [6.07, 6.45) is 4.13. The molecule has 2 unspecified atom stereocenters. The molecule has 226 valence electrons. The lowest BCUT2D eigenvalue weighted by Gasteiger charge is -2.35. The molecule has 0 fully saturated rings. The molecule has 44 heavy (non-hydrogen) atoms. The van der Waals surface area contributed by atoms with Gasteiger partial charge in [0.1, 0.15) is 11.9 Å². The Bertz CT molecular complexity index is 1710. The second kappa shape index (κ2) is 13.0. The van der Waals surface area contributed by atoms with Gasteiger partial charge in [-0.2, -0.15) is 5.26 Å². The number of carbonyl (C=O) groups is 1. The number of nitrogens with one attached hydrogen (secondary N) is 4. The second-order valence-corrected chi connectivity index (χ2v) is 11.0. The van der Waals surface area contributed by atoms with Crippen LogP contribution in [0.3, 0.4) is 0 Å². The highest BCUT2D eigenvalue weighted by molar-refractivity contribution is 6.10. The van der Waals surface area contributed by atoms with E-state index in [1.54, 1.807) is 6.92 Å². The lowest BCUT2D eigenvalue weighted by atomic mass is 9.92. The molecule has 5 rings (SSSR count). The Balaban J connectivity index is 1.28. The van der Waals surface area contributed by atoms with E-state index in [1.807, 2.05) is 47.5 Å². The molecule has 2 atom stereocenters. The summed E-state index contributed by atoms with van der Waals surface area (Å²) in [5.41, 5.74) is 4.06. The van der Waals surface area contributed by atoms with E-state index in [0.29, 0.717) is 24.5 Å². The predicted octanol–water partition coefficient (Wildman–Crippen LogP) is 4.94. The summed E-state index contributed by atoms with van der Waals surface area (Å²) in [7, 11) is 4.11. The van der Waals surface area contributed by atoms with Crippen molar-refractivity contribution >= 4 is 23.2 Å². The van der Waals surface area contributed by atoms with Crippen LogP contribution in [0.25, 0.3) is 0 Å². The monoisotopic (exact) mass is 597 g/mol. The van der Waals surface area contributed by atoms with Crippen molar-refractivity contribution in [3.63, 3.8) is 0 Å². The maximum atomic E-state index is 13.7. The number of amides is 1. The number of amidine groups is 1. The largest absolute Gasteiger partial charge is 0.364 e. The predicted molar refractivity (Wildman–Crippen MR) is 164 cm³/mol. The number of halogens is 2. The Morgan fingerprint density at radius 2 is 1.98 bits per heavy atom. The van der Waals surface area contributed by atoms with Gasteiger partial charge < -0.3 is 25.4 Å². The first kappa shape index (κ1) is 30.3. The highest BCUT2D eigenvalue weighted by Crippen LogP contribution is 2.33. The van der Waals surface area contributed by atoms with Crippen LogP contribution in [-0.4, -0.2) is 58.8 Å². The number of nitrogens with zero attached hydrogens (tertiary/aromatic N) is 5. The van der Waals surface area contributed by atoms with E-state index >= 15 is 0 Å². The Morgan fingerprint density at radius 1 is 1.20 bits per heavy atom. The molecule has 0 spiro atoms. The van der Waals surface area contributed by atoms with Gasteiger partial charge in [-0.25, -0.2) is 18.7 Å². The van der Waals surface area contributed by atoms with E-state index in [2.05, 4.69) is 44.6 Å². The van der Waals surface area contributed by atoms with Crippen LogP contribution in [0.5, 0.6) is 0 Å². The third kappa shape index (κ3) is 6.58. The van der Waals surface area contributed by atoms with E-state index < -0.39 is 23.6 Å². The number of benzene rings is 2. The molecule has 3 heterocycles. The minimum absolute atomic E-state index is 0.0380. The summed E-state index contributed by atoms with van der Waals surface area (Å²) in [4.78, 5) is 29.1. The van der Waals surface area contributed by atoms with E-state index in [4.69, 9.17) is 5.41 Å². The van der Waals surface area contributed by atoms with Crippen molar-refractivity contribution in [2.24, 2.45) is 0 Å². The van der Waals surface area contributed by atoms with Gasteiger partial charge in [0.2, 0.25) is 0 Å². The van der Waals surface area contributed by atoms with Crippen LogP contribution < -0.4 is 15.5 Å². The smallest absolute Gasteiger partial charge is 0.274 e. The molecule has 10 nitrogen and oxygen atoms in total. The topological polar surface area (TPSA) is 137 Å². The number of nitriles is 1. The highest BCUT2D eigenvalue weighted by Gasteiger charge is 2.30. The lowest BCUT2D eigenvalue weighted by Crippen LogP contribution is -2.40. The zero-order valence-electron chi connectivity index (χ0n) is 24.7. The Morgan fingerprint density at radius 3 is 2.68 bits per heavy atom. The molecule has 1 aliphatic heterocycles. The molecule has 0 radical (unpaired) electrons. The highest BCUT2D eigenvalue weighted by atomic mass is 19.2. The molecule has 2 aromatic heterocycles. The molecular weight excluding hydrogens is 564 g/mol. The van der Waals surface area contributed by atoms with Crippen LogP contribution >= 0.6 is 0 Å². The third-order valence-corrected chi connectivity index (χ3v) is 7.64. The summed E-state index contributed by atoms with van der Waals surface area (Å²) in [6.45, 7) is 3.58. The summed E-state index contributed by atoms with van der Waals surface area (Å²) in [6, 6.07) is 14.4. The maximum Gasteiger partial charge on any atom is 0.274 e. The summed E-state index contributed by atoms with van der Waals surface area (Å²) < 4.78 is 27.1. The maximum absolute atomic E-state index is 13.7. The molecule has 2 aromatic carbocycles. The summed E-state index contributed by atoms with van der Waals surface area (Å²) in [5.74, 6) is -1.73. The quantitative estimate of drug-likeness (QED) is 0.203. The van der Waals surface area contributed by atoms with Gasteiger partial charge in [-0.1, -0.05) is 18.2 Å². The normalized spacial score (nSPS) is 15.1.